The Morgan fingerprint density at radius 1 is 1.08 bits per heavy atom. The molecule has 11 heteroatoms. The average molecular weight is 538 g/mol. The number of ether oxygens (including phenoxy) is 3. The van der Waals surface area contributed by atoms with Crippen LogP contribution in [0.2, 0.25) is 0 Å². The fraction of sp³-hybridized carbons (Fsp3) is 0.464. The van der Waals surface area contributed by atoms with Crippen LogP contribution in [0.4, 0.5) is 4.79 Å². The first kappa shape index (κ1) is 26.6. The number of unbranched alkanes of at least 4 members (excludes halogenated alkanes) is 1. The summed E-state index contributed by atoms with van der Waals surface area (Å²) in [6, 6.07) is 12.1. The van der Waals surface area contributed by atoms with Crippen LogP contribution in [0.1, 0.15) is 37.3 Å². The summed E-state index contributed by atoms with van der Waals surface area (Å²) < 4.78 is 16.1. The molecule has 2 aromatic rings. The predicted molar refractivity (Wildman–Crippen MR) is 142 cm³/mol. The van der Waals surface area contributed by atoms with Crippen molar-refractivity contribution < 1.29 is 28.6 Å². The quantitative estimate of drug-likeness (QED) is 0.552. The Labute approximate surface area is 228 Å². The zero-order valence-electron chi connectivity index (χ0n) is 22.6. The molecule has 2 aromatic carbocycles. The van der Waals surface area contributed by atoms with Gasteiger partial charge in [0.2, 0.25) is 18.6 Å². The zero-order valence-corrected chi connectivity index (χ0v) is 22.6. The molecular formula is C28H35N5O6. The van der Waals surface area contributed by atoms with Crippen molar-refractivity contribution in [2.24, 2.45) is 0 Å². The summed E-state index contributed by atoms with van der Waals surface area (Å²) in [4.78, 5) is 43.9. The van der Waals surface area contributed by atoms with Gasteiger partial charge in [-0.2, -0.15) is 0 Å². The van der Waals surface area contributed by atoms with E-state index in [4.69, 9.17) is 14.2 Å². The monoisotopic (exact) mass is 537 g/mol. The van der Waals surface area contributed by atoms with Gasteiger partial charge in [-0.15, -0.1) is 0 Å². The van der Waals surface area contributed by atoms with Crippen molar-refractivity contribution in [3.8, 4) is 17.2 Å². The third-order valence-corrected chi connectivity index (χ3v) is 7.39. The number of methoxy groups -OCH3 is 1. The summed E-state index contributed by atoms with van der Waals surface area (Å²) in [5.41, 5.74) is 1.81. The number of piperazine rings is 1. The SMILES string of the molecule is CCCC[C@H]1C(=O)N(Cc2ccc3c(c2)OCO3)C[C@H]2N1C(=O)CN(C)N2C(=O)NCc1ccc(OC)cc1. The zero-order chi connectivity index (χ0) is 27.5. The fourth-order valence-corrected chi connectivity index (χ4v) is 5.38. The predicted octanol–water partition coefficient (Wildman–Crippen LogP) is 2.55. The molecule has 3 heterocycles. The maximum atomic E-state index is 13.7. The molecule has 0 unspecified atom stereocenters. The highest BCUT2D eigenvalue weighted by Crippen LogP contribution is 2.34. The number of hydrazine groups is 1. The topological polar surface area (TPSA) is 104 Å². The Kier molecular flexibility index (Phi) is 7.78. The lowest BCUT2D eigenvalue weighted by molar-refractivity contribution is -0.188. The van der Waals surface area contributed by atoms with Gasteiger partial charge in [-0.25, -0.2) is 14.8 Å². The molecule has 3 aliphatic rings. The number of rotatable bonds is 8. The number of urea groups is 1. The highest BCUT2D eigenvalue weighted by Gasteiger charge is 2.50. The molecule has 11 nitrogen and oxygen atoms in total. The van der Waals surface area contributed by atoms with Crippen LogP contribution in [-0.2, 0) is 22.7 Å². The first-order valence-electron chi connectivity index (χ1n) is 13.3. The molecular weight excluding hydrogens is 502 g/mol. The molecule has 0 radical (unpaired) electrons. The highest BCUT2D eigenvalue weighted by atomic mass is 16.7. The second-order valence-electron chi connectivity index (χ2n) is 10.0. The summed E-state index contributed by atoms with van der Waals surface area (Å²) in [7, 11) is 3.33. The van der Waals surface area contributed by atoms with Gasteiger partial charge in [-0.1, -0.05) is 38.0 Å². The van der Waals surface area contributed by atoms with E-state index in [1.54, 1.807) is 34.0 Å². The molecule has 3 aliphatic heterocycles. The lowest BCUT2D eigenvalue weighted by Gasteiger charge is -2.54. The van der Waals surface area contributed by atoms with Gasteiger partial charge in [0, 0.05) is 20.1 Å². The van der Waals surface area contributed by atoms with Crippen molar-refractivity contribution in [1.82, 2.24) is 25.1 Å². The Morgan fingerprint density at radius 3 is 2.56 bits per heavy atom. The Bertz CT molecular complexity index is 1220. The van der Waals surface area contributed by atoms with Gasteiger partial charge >= 0.3 is 6.03 Å². The second kappa shape index (κ2) is 11.4. The van der Waals surface area contributed by atoms with Crippen molar-refractivity contribution in [1.29, 1.82) is 0 Å². The van der Waals surface area contributed by atoms with Crippen LogP contribution in [0.15, 0.2) is 42.5 Å². The van der Waals surface area contributed by atoms with Gasteiger partial charge in [0.1, 0.15) is 18.0 Å². The number of nitrogens with one attached hydrogen (secondary N) is 1. The number of nitrogens with zero attached hydrogens (tertiary/aromatic N) is 4. The molecule has 1 N–H and O–H groups in total. The molecule has 0 saturated carbocycles. The number of benzene rings is 2. The molecule has 2 atom stereocenters. The van der Waals surface area contributed by atoms with E-state index < -0.39 is 12.2 Å². The fourth-order valence-electron chi connectivity index (χ4n) is 5.38. The number of likely N-dealkylation sites (N-methyl/N-ethyl adjacent to an activating group) is 1. The normalized spacial score (nSPS) is 20.7. The molecule has 5 rings (SSSR count). The van der Waals surface area contributed by atoms with Crippen LogP contribution in [0.5, 0.6) is 17.2 Å². The molecule has 0 aliphatic carbocycles. The molecule has 39 heavy (non-hydrogen) atoms. The van der Waals surface area contributed by atoms with Crippen molar-refractivity contribution in [3.05, 3.63) is 53.6 Å². The van der Waals surface area contributed by atoms with E-state index in [-0.39, 0.29) is 37.7 Å². The molecule has 0 spiro atoms. The maximum absolute atomic E-state index is 13.7. The standard InChI is InChI=1S/C28H35N5O6/c1-4-5-6-22-27(35)31(15-20-9-12-23-24(13-20)39-18-38-23)16-25-32(22)26(34)17-30(2)33(25)28(36)29-14-19-7-10-21(37-3)11-8-19/h7-13,22,25H,4-6,14-18H2,1-3H3,(H,29,36)/t22-,25-/m0/s1. The summed E-state index contributed by atoms with van der Waals surface area (Å²) >= 11 is 0. The number of hydrogen-bond acceptors (Lipinski definition) is 7. The van der Waals surface area contributed by atoms with Crippen LogP contribution in [0.25, 0.3) is 0 Å². The van der Waals surface area contributed by atoms with E-state index in [1.807, 2.05) is 42.5 Å². The van der Waals surface area contributed by atoms with Crippen molar-refractivity contribution in [2.75, 3.05) is 34.0 Å². The summed E-state index contributed by atoms with van der Waals surface area (Å²) in [5.74, 6) is 1.80. The smallest absolute Gasteiger partial charge is 0.334 e. The van der Waals surface area contributed by atoms with Crippen LogP contribution in [-0.4, -0.2) is 83.9 Å². The van der Waals surface area contributed by atoms with Gasteiger partial charge in [0.15, 0.2) is 11.5 Å². The Hall–Kier alpha value is -3.99. The van der Waals surface area contributed by atoms with Gasteiger partial charge in [-0.05, 0) is 41.8 Å². The van der Waals surface area contributed by atoms with Crippen LogP contribution in [0.3, 0.4) is 0 Å². The third-order valence-electron chi connectivity index (χ3n) is 7.39. The van der Waals surface area contributed by atoms with E-state index in [9.17, 15) is 14.4 Å². The summed E-state index contributed by atoms with van der Waals surface area (Å²) in [6.07, 6.45) is 1.61. The van der Waals surface area contributed by atoms with Crippen molar-refractivity contribution >= 4 is 17.8 Å². The molecule has 0 aromatic heterocycles. The van der Waals surface area contributed by atoms with Crippen molar-refractivity contribution in [3.63, 3.8) is 0 Å². The number of carbonyl (C=O) groups excluding carboxylic acids is 3. The van der Waals surface area contributed by atoms with E-state index in [0.29, 0.717) is 31.0 Å². The van der Waals surface area contributed by atoms with Crippen LogP contribution in [0, 0.1) is 0 Å². The minimum Gasteiger partial charge on any atom is -0.497 e. The first-order chi connectivity index (χ1) is 18.9. The van der Waals surface area contributed by atoms with E-state index in [0.717, 1.165) is 29.7 Å². The van der Waals surface area contributed by atoms with E-state index in [1.165, 1.54) is 0 Å². The largest absolute Gasteiger partial charge is 0.497 e. The van der Waals surface area contributed by atoms with Gasteiger partial charge < -0.3 is 29.3 Å². The average Bonchev–Trinajstić information content (AvgIpc) is 3.40. The van der Waals surface area contributed by atoms with E-state index >= 15 is 0 Å². The summed E-state index contributed by atoms with van der Waals surface area (Å²) in [6.45, 7) is 3.09. The number of hydrogen-bond donors (Lipinski definition) is 1. The second-order valence-corrected chi connectivity index (χ2v) is 10.0. The van der Waals surface area contributed by atoms with Gasteiger partial charge in [0.25, 0.3) is 0 Å². The number of fused-ring (bicyclic) bond motifs is 2. The van der Waals surface area contributed by atoms with Crippen LogP contribution < -0.4 is 19.5 Å². The maximum Gasteiger partial charge on any atom is 0.334 e. The molecule has 0 bridgehead atoms. The summed E-state index contributed by atoms with van der Waals surface area (Å²) in [5, 5.41) is 6.19. The molecule has 4 amide bonds. The molecule has 2 saturated heterocycles. The van der Waals surface area contributed by atoms with Crippen LogP contribution >= 0.6 is 0 Å². The van der Waals surface area contributed by atoms with Crippen molar-refractivity contribution in [2.45, 2.75) is 51.5 Å². The Morgan fingerprint density at radius 2 is 1.82 bits per heavy atom. The third kappa shape index (κ3) is 5.44. The Balaban J connectivity index is 1.38. The highest BCUT2D eigenvalue weighted by molar-refractivity contribution is 5.91. The number of amides is 4. The first-order valence-corrected chi connectivity index (χ1v) is 13.3. The van der Waals surface area contributed by atoms with Gasteiger partial charge in [0.05, 0.1) is 20.2 Å². The number of carbonyl (C=O) groups is 3. The molecule has 2 fully saturated rings. The molecule has 208 valence electrons. The minimum atomic E-state index is -0.629. The van der Waals surface area contributed by atoms with E-state index in [2.05, 4.69) is 12.2 Å². The lowest BCUT2D eigenvalue weighted by atomic mass is 10.0. The van der Waals surface area contributed by atoms with Gasteiger partial charge in [-0.3, -0.25) is 9.59 Å². The minimum absolute atomic E-state index is 0.0184. The lowest BCUT2D eigenvalue weighted by Crippen LogP contribution is -2.75.